The second-order valence-corrected chi connectivity index (χ2v) is 10.6. The fraction of sp³-hybridized carbons (Fsp3) is 0.600. The van der Waals surface area contributed by atoms with Gasteiger partial charge in [0, 0.05) is 48.2 Å². The molecule has 0 radical (unpaired) electrons. The van der Waals surface area contributed by atoms with Crippen LogP contribution in [0.3, 0.4) is 0 Å². The van der Waals surface area contributed by atoms with E-state index < -0.39 is 0 Å². The summed E-state index contributed by atoms with van der Waals surface area (Å²) in [6.07, 6.45) is 6.48. The van der Waals surface area contributed by atoms with Gasteiger partial charge in [0.1, 0.15) is 0 Å². The number of halogens is 2. The first-order chi connectivity index (χ1) is 15.2. The third-order valence-corrected chi connectivity index (χ3v) is 8.03. The smallest absolute Gasteiger partial charge is 0.0823 e. The third kappa shape index (κ3) is 6.04. The van der Waals surface area contributed by atoms with Gasteiger partial charge < -0.3 is 9.64 Å². The van der Waals surface area contributed by atoms with E-state index in [1.165, 1.54) is 37.9 Å². The molecule has 3 heterocycles. The number of piperidine rings is 1. The first-order valence-electron chi connectivity index (χ1n) is 11.7. The maximum atomic E-state index is 6.63. The minimum atomic E-state index is 0.217. The van der Waals surface area contributed by atoms with Crippen molar-refractivity contribution in [2.75, 3.05) is 32.8 Å². The summed E-state index contributed by atoms with van der Waals surface area (Å²) in [5.74, 6) is 0.406. The van der Waals surface area contributed by atoms with E-state index in [0.29, 0.717) is 17.0 Å². The lowest BCUT2D eigenvalue weighted by Crippen LogP contribution is -2.47. The molecule has 1 aromatic heterocycles. The van der Waals surface area contributed by atoms with Crippen molar-refractivity contribution in [1.82, 2.24) is 9.80 Å². The number of hydrogen-bond donors (Lipinski definition) is 0. The van der Waals surface area contributed by atoms with Crippen LogP contribution in [0.15, 0.2) is 35.0 Å². The van der Waals surface area contributed by atoms with E-state index >= 15 is 0 Å². The Bertz CT molecular complexity index is 810. The van der Waals surface area contributed by atoms with Gasteiger partial charge in [-0.3, -0.25) is 4.90 Å². The lowest BCUT2D eigenvalue weighted by Gasteiger charge is -2.35. The summed E-state index contributed by atoms with van der Waals surface area (Å²) in [7, 11) is 0. The fourth-order valence-corrected chi connectivity index (χ4v) is 6.21. The lowest BCUT2D eigenvalue weighted by molar-refractivity contribution is 0.00345. The molecule has 2 saturated heterocycles. The number of hydrogen-bond acceptors (Lipinski definition) is 4. The molecule has 2 aliphatic heterocycles. The van der Waals surface area contributed by atoms with Crippen molar-refractivity contribution >= 4 is 34.5 Å². The van der Waals surface area contributed by atoms with Gasteiger partial charge >= 0.3 is 0 Å². The molecular weight excluding hydrogens is 447 g/mol. The van der Waals surface area contributed by atoms with Crippen LogP contribution in [0.25, 0.3) is 0 Å². The van der Waals surface area contributed by atoms with Crippen LogP contribution in [0.4, 0.5) is 0 Å². The van der Waals surface area contributed by atoms with Crippen LogP contribution in [0.2, 0.25) is 10.0 Å². The van der Waals surface area contributed by atoms with E-state index in [2.05, 4.69) is 39.6 Å². The van der Waals surface area contributed by atoms with E-state index in [0.717, 1.165) is 49.7 Å². The fourth-order valence-electron chi connectivity index (χ4n) is 5.02. The molecule has 170 valence electrons. The quantitative estimate of drug-likeness (QED) is 0.371. The van der Waals surface area contributed by atoms with E-state index in [1.807, 2.05) is 12.1 Å². The van der Waals surface area contributed by atoms with Gasteiger partial charge in [-0.2, -0.15) is 11.3 Å². The van der Waals surface area contributed by atoms with Gasteiger partial charge in [0.15, 0.2) is 0 Å². The largest absolute Gasteiger partial charge is 0.376 e. The van der Waals surface area contributed by atoms with Crippen molar-refractivity contribution in [2.45, 2.75) is 63.6 Å². The number of thiophene rings is 1. The zero-order valence-corrected chi connectivity index (χ0v) is 20.8. The van der Waals surface area contributed by atoms with Crippen LogP contribution < -0.4 is 0 Å². The molecule has 2 fully saturated rings. The number of rotatable bonds is 9. The van der Waals surface area contributed by atoms with Crippen LogP contribution in [0.1, 0.15) is 56.1 Å². The highest BCUT2D eigenvalue weighted by atomic mass is 35.5. The Kier molecular flexibility index (Phi) is 8.72. The molecule has 0 spiro atoms. The predicted molar refractivity (Wildman–Crippen MR) is 133 cm³/mol. The predicted octanol–water partition coefficient (Wildman–Crippen LogP) is 6.69. The Hall–Kier alpha value is -0.620. The Morgan fingerprint density at radius 2 is 1.97 bits per heavy atom. The number of benzene rings is 1. The van der Waals surface area contributed by atoms with Gasteiger partial charge in [-0.15, -0.1) is 0 Å². The van der Waals surface area contributed by atoms with Crippen LogP contribution in [-0.4, -0.2) is 54.7 Å². The molecule has 0 saturated carbocycles. The molecule has 3 atom stereocenters. The van der Waals surface area contributed by atoms with Crippen molar-refractivity contribution in [3.63, 3.8) is 0 Å². The molecule has 0 bridgehead atoms. The lowest BCUT2D eigenvalue weighted by atomic mass is 9.95. The molecule has 0 aliphatic carbocycles. The average Bonchev–Trinajstić information content (AvgIpc) is 3.40. The molecule has 2 aliphatic rings. The molecular formula is C25H34Cl2N2OS. The van der Waals surface area contributed by atoms with Crippen molar-refractivity contribution < 1.29 is 4.74 Å². The van der Waals surface area contributed by atoms with Gasteiger partial charge in [0.05, 0.1) is 6.10 Å². The van der Waals surface area contributed by atoms with Crippen molar-refractivity contribution in [3.05, 3.63) is 56.2 Å². The number of ether oxygens (including phenoxy) is 1. The maximum absolute atomic E-state index is 6.63. The Labute approximate surface area is 201 Å². The summed E-state index contributed by atoms with van der Waals surface area (Å²) in [5, 5.41) is 5.94. The number of likely N-dealkylation sites (tertiary alicyclic amines) is 2. The maximum Gasteiger partial charge on any atom is 0.0823 e. The van der Waals surface area contributed by atoms with E-state index in [1.54, 1.807) is 11.3 Å². The minimum absolute atomic E-state index is 0.217. The Morgan fingerprint density at radius 1 is 1.13 bits per heavy atom. The SMILES string of the molecule is CCCCO[C@@H]1C(CN2CCCCC2)N(Cc2ccc(Cl)cc2Cl)C[C@@H]1c1ccsc1. The summed E-state index contributed by atoms with van der Waals surface area (Å²) in [4.78, 5) is 5.26. The van der Waals surface area contributed by atoms with Gasteiger partial charge in [-0.25, -0.2) is 0 Å². The standard InChI is InChI=1S/C25H34Cl2N2OS/c1-2-3-12-30-25-22(20-9-13-31-18-20)16-29(15-19-7-8-21(26)14-23(19)27)24(25)17-28-10-5-4-6-11-28/h7-9,13-14,18,22,24-25H,2-6,10-12,15-17H2,1H3/t22-,24?,25+/m1/s1. The van der Waals surface area contributed by atoms with E-state index in [9.17, 15) is 0 Å². The van der Waals surface area contributed by atoms with Crippen LogP contribution in [0.5, 0.6) is 0 Å². The normalized spacial score (nSPS) is 25.3. The molecule has 1 aromatic carbocycles. The van der Waals surface area contributed by atoms with Crippen LogP contribution >= 0.6 is 34.5 Å². The zero-order chi connectivity index (χ0) is 21.6. The molecule has 31 heavy (non-hydrogen) atoms. The highest BCUT2D eigenvalue weighted by Gasteiger charge is 2.44. The summed E-state index contributed by atoms with van der Waals surface area (Å²) in [6.45, 7) is 8.40. The highest BCUT2D eigenvalue weighted by molar-refractivity contribution is 7.08. The Balaban J connectivity index is 1.59. The molecule has 2 aromatic rings. The number of unbranched alkanes of at least 4 members (excludes halogenated alkanes) is 1. The van der Waals surface area contributed by atoms with Crippen molar-refractivity contribution in [3.8, 4) is 0 Å². The summed E-state index contributed by atoms with van der Waals surface area (Å²) in [6, 6.07) is 8.53. The molecule has 6 heteroatoms. The third-order valence-electron chi connectivity index (χ3n) is 6.74. The molecule has 0 amide bonds. The second kappa shape index (κ2) is 11.5. The van der Waals surface area contributed by atoms with E-state index in [-0.39, 0.29) is 6.10 Å². The van der Waals surface area contributed by atoms with E-state index in [4.69, 9.17) is 27.9 Å². The molecule has 1 unspecified atom stereocenters. The zero-order valence-electron chi connectivity index (χ0n) is 18.4. The molecule has 4 rings (SSSR count). The molecule has 3 nitrogen and oxygen atoms in total. The van der Waals surface area contributed by atoms with Crippen LogP contribution in [-0.2, 0) is 11.3 Å². The second-order valence-electron chi connectivity index (χ2n) is 8.95. The van der Waals surface area contributed by atoms with Gasteiger partial charge in [-0.1, -0.05) is 49.0 Å². The summed E-state index contributed by atoms with van der Waals surface area (Å²) in [5.41, 5.74) is 2.56. The molecule has 0 N–H and O–H groups in total. The van der Waals surface area contributed by atoms with Gasteiger partial charge in [0.2, 0.25) is 0 Å². The van der Waals surface area contributed by atoms with Gasteiger partial charge in [0.25, 0.3) is 0 Å². The minimum Gasteiger partial charge on any atom is -0.376 e. The summed E-state index contributed by atoms with van der Waals surface area (Å²) < 4.78 is 6.63. The monoisotopic (exact) mass is 480 g/mol. The topological polar surface area (TPSA) is 15.7 Å². The highest BCUT2D eigenvalue weighted by Crippen LogP contribution is 2.38. The number of nitrogens with zero attached hydrogens (tertiary/aromatic N) is 2. The van der Waals surface area contributed by atoms with Gasteiger partial charge in [-0.05, 0) is 72.4 Å². The summed E-state index contributed by atoms with van der Waals surface area (Å²) >= 11 is 14.5. The first-order valence-corrected chi connectivity index (χ1v) is 13.4. The van der Waals surface area contributed by atoms with Crippen LogP contribution in [0, 0.1) is 0 Å². The van der Waals surface area contributed by atoms with Crippen molar-refractivity contribution in [1.29, 1.82) is 0 Å². The Morgan fingerprint density at radius 3 is 2.68 bits per heavy atom. The average molecular weight is 482 g/mol. The first kappa shape index (κ1) is 23.5. The van der Waals surface area contributed by atoms with Crippen molar-refractivity contribution in [2.24, 2.45) is 0 Å².